The Bertz CT molecular complexity index is 253. The van der Waals surface area contributed by atoms with E-state index < -0.39 is 0 Å². The van der Waals surface area contributed by atoms with Gasteiger partial charge in [0.2, 0.25) is 0 Å². The van der Waals surface area contributed by atoms with Crippen LogP contribution >= 0.6 is 0 Å². The van der Waals surface area contributed by atoms with Crippen LogP contribution < -0.4 is 0 Å². The molecular weight excluding hydrogens is 146 g/mol. The molecule has 0 aliphatic heterocycles. The Labute approximate surface area is 74.4 Å². The Morgan fingerprint density at radius 3 is 3.00 bits per heavy atom. The van der Waals surface area contributed by atoms with Crippen LogP contribution in [0.4, 0.5) is 0 Å². The number of hydrogen-bond donors (Lipinski definition) is 0. The van der Waals surface area contributed by atoms with Crippen molar-refractivity contribution in [2.75, 3.05) is 0 Å². The molecule has 0 bridgehead atoms. The highest BCUT2D eigenvalue weighted by Crippen LogP contribution is 2.28. The first-order valence-electron chi connectivity index (χ1n) is 4.46. The molecule has 0 heterocycles. The molecule has 1 aliphatic carbocycles. The highest BCUT2D eigenvalue weighted by molar-refractivity contribution is 5.17. The highest BCUT2D eigenvalue weighted by Gasteiger charge is 2.13. The van der Waals surface area contributed by atoms with E-state index in [4.69, 9.17) is 5.26 Å². The molecular formula is C11H15N. The monoisotopic (exact) mass is 161 g/mol. The average Bonchev–Trinajstić information content (AvgIpc) is 2.06. The number of allylic oxidation sites excluding steroid dienone is 4. The van der Waals surface area contributed by atoms with Crippen molar-refractivity contribution in [1.29, 1.82) is 5.26 Å². The fourth-order valence-electron chi connectivity index (χ4n) is 1.60. The summed E-state index contributed by atoms with van der Waals surface area (Å²) >= 11 is 0. The van der Waals surface area contributed by atoms with Crippen molar-refractivity contribution in [2.45, 2.75) is 33.1 Å². The zero-order valence-corrected chi connectivity index (χ0v) is 7.80. The molecule has 1 aliphatic rings. The molecule has 1 atom stereocenters. The van der Waals surface area contributed by atoms with Gasteiger partial charge in [-0.15, -0.1) is 0 Å². The van der Waals surface area contributed by atoms with Gasteiger partial charge in [-0.1, -0.05) is 17.2 Å². The lowest BCUT2D eigenvalue weighted by atomic mass is 9.85. The molecule has 0 aromatic carbocycles. The molecule has 0 spiro atoms. The van der Waals surface area contributed by atoms with Crippen LogP contribution in [-0.4, -0.2) is 0 Å². The quantitative estimate of drug-likeness (QED) is 0.428. The maximum Gasteiger partial charge on any atom is 0.0911 e. The lowest BCUT2D eigenvalue weighted by Crippen LogP contribution is -2.05. The van der Waals surface area contributed by atoms with Gasteiger partial charge in [0.15, 0.2) is 0 Å². The van der Waals surface area contributed by atoms with Gasteiger partial charge in [0.1, 0.15) is 0 Å². The van der Waals surface area contributed by atoms with Crippen LogP contribution in [0, 0.1) is 17.2 Å². The van der Waals surface area contributed by atoms with Gasteiger partial charge in [-0.3, -0.25) is 0 Å². The maximum absolute atomic E-state index is 8.48. The smallest absolute Gasteiger partial charge is 0.0911 e. The molecule has 1 rings (SSSR count). The van der Waals surface area contributed by atoms with Crippen LogP contribution in [0.15, 0.2) is 23.3 Å². The lowest BCUT2D eigenvalue weighted by Gasteiger charge is -2.20. The van der Waals surface area contributed by atoms with Gasteiger partial charge in [0, 0.05) is 6.08 Å². The zero-order chi connectivity index (χ0) is 8.97. The predicted molar refractivity (Wildman–Crippen MR) is 50.5 cm³/mol. The Kier molecular flexibility index (Phi) is 3.10. The van der Waals surface area contributed by atoms with E-state index in [9.17, 15) is 0 Å². The molecule has 0 saturated heterocycles. The standard InChI is InChI=1S/C11H15N/c1-9-3-5-11(6-4-9)10(2)7-8-12/h3,7,11H,4-6H2,1-2H3/b10-7+. The molecule has 0 amide bonds. The van der Waals surface area contributed by atoms with Crippen molar-refractivity contribution in [1.82, 2.24) is 0 Å². The molecule has 0 aromatic rings. The van der Waals surface area contributed by atoms with Crippen molar-refractivity contribution >= 4 is 0 Å². The van der Waals surface area contributed by atoms with Crippen molar-refractivity contribution < 1.29 is 0 Å². The molecule has 1 unspecified atom stereocenters. The van der Waals surface area contributed by atoms with Crippen LogP contribution in [0.3, 0.4) is 0 Å². The van der Waals surface area contributed by atoms with Crippen molar-refractivity contribution in [2.24, 2.45) is 5.92 Å². The molecule has 1 nitrogen and oxygen atoms in total. The third-order valence-corrected chi connectivity index (χ3v) is 2.57. The summed E-state index contributed by atoms with van der Waals surface area (Å²) in [6, 6.07) is 2.09. The molecule has 0 saturated carbocycles. The van der Waals surface area contributed by atoms with Gasteiger partial charge in [-0.2, -0.15) is 5.26 Å². The summed E-state index contributed by atoms with van der Waals surface area (Å²) in [6.07, 6.45) is 7.51. The molecule has 1 heteroatoms. The lowest BCUT2D eigenvalue weighted by molar-refractivity contribution is 0.539. The van der Waals surface area contributed by atoms with E-state index in [1.54, 1.807) is 6.08 Å². The minimum Gasteiger partial charge on any atom is -0.193 e. The molecule has 0 radical (unpaired) electrons. The molecule has 12 heavy (non-hydrogen) atoms. The fraction of sp³-hybridized carbons (Fsp3) is 0.545. The number of hydrogen-bond acceptors (Lipinski definition) is 1. The summed E-state index contributed by atoms with van der Waals surface area (Å²) in [7, 11) is 0. The molecule has 0 fully saturated rings. The second kappa shape index (κ2) is 4.11. The second-order valence-electron chi connectivity index (χ2n) is 3.54. The van der Waals surface area contributed by atoms with E-state index in [1.807, 2.05) is 0 Å². The third-order valence-electron chi connectivity index (χ3n) is 2.57. The molecule has 64 valence electrons. The van der Waals surface area contributed by atoms with Gasteiger partial charge < -0.3 is 0 Å². The van der Waals surface area contributed by atoms with E-state index in [0.717, 1.165) is 6.42 Å². The van der Waals surface area contributed by atoms with Gasteiger partial charge in [0.25, 0.3) is 0 Å². The first-order valence-corrected chi connectivity index (χ1v) is 4.46. The van der Waals surface area contributed by atoms with E-state index in [1.165, 1.54) is 24.0 Å². The summed E-state index contributed by atoms with van der Waals surface area (Å²) in [5, 5.41) is 8.48. The SMILES string of the molecule is CC1=CCC(/C(C)=C/C#N)CC1. The van der Waals surface area contributed by atoms with Gasteiger partial charge in [-0.05, 0) is 39.0 Å². The van der Waals surface area contributed by atoms with Gasteiger partial charge in [0.05, 0.1) is 6.07 Å². The summed E-state index contributed by atoms with van der Waals surface area (Å²) in [6.45, 7) is 4.24. The van der Waals surface area contributed by atoms with Crippen LogP contribution in [0.1, 0.15) is 33.1 Å². The molecule has 0 N–H and O–H groups in total. The zero-order valence-electron chi connectivity index (χ0n) is 7.80. The fourth-order valence-corrected chi connectivity index (χ4v) is 1.60. The van der Waals surface area contributed by atoms with Gasteiger partial charge in [-0.25, -0.2) is 0 Å². The highest BCUT2D eigenvalue weighted by atomic mass is 14.2. The van der Waals surface area contributed by atoms with Crippen LogP contribution in [0.25, 0.3) is 0 Å². The summed E-state index contributed by atoms with van der Waals surface area (Å²) in [4.78, 5) is 0. The average molecular weight is 161 g/mol. The number of nitriles is 1. The van der Waals surface area contributed by atoms with E-state index in [2.05, 4.69) is 26.0 Å². The topological polar surface area (TPSA) is 23.8 Å². The summed E-state index contributed by atoms with van der Waals surface area (Å²) < 4.78 is 0. The van der Waals surface area contributed by atoms with E-state index >= 15 is 0 Å². The van der Waals surface area contributed by atoms with Crippen LogP contribution in [-0.2, 0) is 0 Å². The van der Waals surface area contributed by atoms with Crippen LogP contribution in [0.2, 0.25) is 0 Å². The van der Waals surface area contributed by atoms with E-state index in [-0.39, 0.29) is 0 Å². The number of nitrogens with zero attached hydrogens (tertiary/aromatic N) is 1. The Morgan fingerprint density at radius 2 is 2.50 bits per heavy atom. The Balaban J connectivity index is 2.58. The van der Waals surface area contributed by atoms with Crippen molar-refractivity contribution in [3.8, 4) is 6.07 Å². The van der Waals surface area contributed by atoms with Gasteiger partial charge >= 0.3 is 0 Å². The largest absolute Gasteiger partial charge is 0.193 e. The first kappa shape index (κ1) is 9.06. The predicted octanol–water partition coefficient (Wildman–Crippen LogP) is 3.20. The minimum atomic E-state index is 0.619. The van der Waals surface area contributed by atoms with Crippen molar-refractivity contribution in [3.05, 3.63) is 23.3 Å². The number of rotatable bonds is 1. The first-order chi connectivity index (χ1) is 5.74. The van der Waals surface area contributed by atoms with Crippen molar-refractivity contribution in [3.63, 3.8) is 0 Å². The summed E-state index contributed by atoms with van der Waals surface area (Å²) in [5.74, 6) is 0.619. The summed E-state index contributed by atoms with van der Waals surface area (Å²) in [5.41, 5.74) is 2.73. The second-order valence-corrected chi connectivity index (χ2v) is 3.54. The maximum atomic E-state index is 8.48. The van der Waals surface area contributed by atoms with Crippen LogP contribution in [0.5, 0.6) is 0 Å². The molecule has 0 aromatic heterocycles. The Hall–Kier alpha value is -1.03. The minimum absolute atomic E-state index is 0.619. The third kappa shape index (κ3) is 2.23. The normalized spacial score (nSPS) is 24.6. The Morgan fingerprint density at radius 1 is 1.75 bits per heavy atom. The van der Waals surface area contributed by atoms with E-state index in [0.29, 0.717) is 5.92 Å².